The van der Waals surface area contributed by atoms with Crippen LogP contribution in [0, 0.1) is 0 Å². The summed E-state index contributed by atoms with van der Waals surface area (Å²) in [6.07, 6.45) is 0. The molecule has 0 heterocycles. The van der Waals surface area contributed by atoms with Crippen molar-refractivity contribution in [1.29, 1.82) is 0 Å². The summed E-state index contributed by atoms with van der Waals surface area (Å²) in [5.41, 5.74) is 0. The van der Waals surface area contributed by atoms with Crippen LogP contribution >= 0.6 is 34.8 Å². The minimum Gasteiger partial charge on any atom is -0.504 e. The van der Waals surface area contributed by atoms with Gasteiger partial charge in [0.05, 0.1) is 5.02 Å². The Kier molecular flexibility index (Phi) is 6.79. The zero-order valence-electron chi connectivity index (χ0n) is 9.45. The van der Waals surface area contributed by atoms with E-state index >= 15 is 0 Å². The summed E-state index contributed by atoms with van der Waals surface area (Å²) < 4.78 is 5.45. The number of hydrogen-bond donors (Lipinski definition) is 1. The van der Waals surface area contributed by atoms with Crippen molar-refractivity contribution in [2.45, 2.75) is 0 Å². The van der Waals surface area contributed by atoms with Gasteiger partial charge in [-0.2, -0.15) is 0 Å². The number of aromatic hydroxyl groups is 1. The van der Waals surface area contributed by atoms with Gasteiger partial charge in [-0.25, -0.2) is 0 Å². The molecular formula is C12H7Cl3KO2. The van der Waals surface area contributed by atoms with Crippen molar-refractivity contribution in [3.8, 4) is 17.2 Å². The van der Waals surface area contributed by atoms with Gasteiger partial charge in [0.15, 0.2) is 11.5 Å². The van der Waals surface area contributed by atoms with E-state index in [1.165, 1.54) is 6.07 Å². The predicted octanol–water partition coefficient (Wildman–Crippen LogP) is 4.76. The van der Waals surface area contributed by atoms with Gasteiger partial charge in [-0.3, -0.25) is 0 Å². The second-order valence-electron chi connectivity index (χ2n) is 3.29. The van der Waals surface area contributed by atoms with E-state index in [-0.39, 0.29) is 62.9 Å². The molecule has 0 bridgehead atoms. The first-order valence-electron chi connectivity index (χ1n) is 4.67. The number of rotatable bonds is 2. The first-order chi connectivity index (χ1) is 8.06. The Morgan fingerprint density at radius 3 is 1.94 bits per heavy atom. The molecule has 0 amide bonds. The monoisotopic (exact) mass is 327 g/mol. The Hall–Kier alpha value is 0.546. The fraction of sp³-hybridized carbons (Fsp3) is 0. The average molecular weight is 329 g/mol. The molecule has 2 rings (SSSR count). The third-order valence-electron chi connectivity index (χ3n) is 2.03. The van der Waals surface area contributed by atoms with Crippen molar-refractivity contribution in [2.24, 2.45) is 0 Å². The number of phenolic OH excluding ortho intramolecular Hbond substituents is 1. The second kappa shape index (κ2) is 7.36. The van der Waals surface area contributed by atoms with Crippen LogP contribution in [-0.4, -0.2) is 56.5 Å². The summed E-state index contributed by atoms with van der Waals surface area (Å²) in [4.78, 5) is 0. The van der Waals surface area contributed by atoms with Gasteiger partial charge in [0.1, 0.15) is 5.75 Å². The molecule has 0 fully saturated rings. The molecule has 18 heavy (non-hydrogen) atoms. The Morgan fingerprint density at radius 1 is 0.833 bits per heavy atom. The molecule has 0 unspecified atom stereocenters. The summed E-state index contributed by atoms with van der Waals surface area (Å²) in [7, 11) is 0. The maximum Gasteiger partial charge on any atom is 0.169 e. The molecule has 0 aliphatic carbocycles. The molecule has 1 N–H and O–H groups in total. The van der Waals surface area contributed by atoms with Crippen LogP contribution < -0.4 is 4.74 Å². The van der Waals surface area contributed by atoms with Crippen molar-refractivity contribution in [2.75, 3.05) is 0 Å². The third-order valence-corrected chi connectivity index (χ3v) is 2.80. The normalized spacial score (nSPS) is 9.72. The van der Waals surface area contributed by atoms with Gasteiger partial charge in [-0.15, -0.1) is 0 Å². The smallest absolute Gasteiger partial charge is 0.169 e. The van der Waals surface area contributed by atoms with Crippen molar-refractivity contribution in [3.05, 3.63) is 51.5 Å². The molecule has 0 aliphatic rings. The standard InChI is InChI=1S/C12H7Cl3O2.K/c13-7-1-3-11(9(15)5-7)17-12-4-2-8(14)6-10(12)16;/h1-6,16H;. The fourth-order valence-corrected chi connectivity index (χ4v) is 1.87. The molecular weight excluding hydrogens is 322 g/mol. The molecule has 6 heteroatoms. The Morgan fingerprint density at radius 2 is 1.39 bits per heavy atom. The summed E-state index contributed by atoms with van der Waals surface area (Å²) >= 11 is 17.4. The van der Waals surface area contributed by atoms with E-state index in [4.69, 9.17) is 39.5 Å². The molecule has 0 saturated carbocycles. The van der Waals surface area contributed by atoms with Crippen molar-refractivity contribution in [1.82, 2.24) is 0 Å². The zero-order valence-corrected chi connectivity index (χ0v) is 14.8. The molecule has 0 aromatic heterocycles. The molecule has 2 nitrogen and oxygen atoms in total. The van der Waals surface area contributed by atoms with E-state index in [1.807, 2.05) is 0 Å². The predicted molar refractivity (Wildman–Crippen MR) is 75.4 cm³/mol. The Balaban J connectivity index is 0.00000162. The minimum absolute atomic E-state index is 0. The van der Waals surface area contributed by atoms with E-state index in [1.54, 1.807) is 30.3 Å². The van der Waals surface area contributed by atoms with Crippen molar-refractivity contribution < 1.29 is 9.84 Å². The molecule has 0 aliphatic heterocycles. The minimum atomic E-state index is -0.0523. The molecule has 1 radical (unpaired) electrons. The van der Waals surface area contributed by atoms with Gasteiger partial charge in [0.25, 0.3) is 0 Å². The third kappa shape index (κ3) is 4.29. The van der Waals surface area contributed by atoms with E-state index in [9.17, 15) is 5.11 Å². The number of benzene rings is 2. The Bertz CT molecular complexity index is 512. The van der Waals surface area contributed by atoms with Gasteiger partial charge in [-0.1, -0.05) is 34.8 Å². The number of phenols is 1. The SMILES string of the molecule is Oc1cc(Cl)ccc1Oc1ccc(Cl)cc1Cl.[K]. The summed E-state index contributed by atoms with van der Waals surface area (Å²) in [6, 6.07) is 9.39. The molecule has 89 valence electrons. The topological polar surface area (TPSA) is 29.5 Å². The average Bonchev–Trinajstić information content (AvgIpc) is 2.25. The van der Waals surface area contributed by atoms with Crippen LogP contribution in [0.15, 0.2) is 36.4 Å². The van der Waals surface area contributed by atoms with E-state index < -0.39 is 0 Å². The number of halogens is 3. The fourth-order valence-electron chi connectivity index (χ4n) is 1.25. The van der Waals surface area contributed by atoms with Gasteiger partial charge < -0.3 is 9.84 Å². The summed E-state index contributed by atoms with van der Waals surface area (Å²) in [5, 5.41) is 10.9. The van der Waals surface area contributed by atoms with Crippen LogP contribution in [0.3, 0.4) is 0 Å². The molecule has 0 spiro atoms. The number of hydrogen-bond acceptors (Lipinski definition) is 2. The quantitative estimate of drug-likeness (QED) is 0.805. The van der Waals surface area contributed by atoms with Gasteiger partial charge in [-0.05, 0) is 30.3 Å². The van der Waals surface area contributed by atoms with E-state index in [0.717, 1.165) is 0 Å². The maximum atomic E-state index is 9.62. The molecule has 2 aromatic rings. The van der Waals surface area contributed by atoms with E-state index in [0.29, 0.717) is 20.8 Å². The summed E-state index contributed by atoms with van der Waals surface area (Å²) in [6.45, 7) is 0. The number of ether oxygens (including phenoxy) is 1. The van der Waals surface area contributed by atoms with Crippen LogP contribution in [0.25, 0.3) is 0 Å². The van der Waals surface area contributed by atoms with Gasteiger partial charge >= 0.3 is 0 Å². The van der Waals surface area contributed by atoms with Crippen molar-refractivity contribution >= 4 is 86.2 Å². The first-order valence-corrected chi connectivity index (χ1v) is 5.81. The van der Waals surface area contributed by atoms with Crippen LogP contribution in [-0.2, 0) is 0 Å². The maximum absolute atomic E-state index is 9.62. The second-order valence-corrected chi connectivity index (χ2v) is 4.57. The molecule has 0 atom stereocenters. The molecule has 0 saturated heterocycles. The zero-order chi connectivity index (χ0) is 12.4. The first kappa shape index (κ1) is 16.6. The summed E-state index contributed by atoms with van der Waals surface area (Å²) in [5.74, 6) is 0.635. The van der Waals surface area contributed by atoms with Gasteiger partial charge in [0, 0.05) is 67.5 Å². The van der Waals surface area contributed by atoms with Crippen molar-refractivity contribution in [3.63, 3.8) is 0 Å². The van der Waals surface area contributed by atoms with Crippen LogP contribution in [0.2, 0.25) is 15.1 Å². The van der Waals surface area contributed by atoms with E-state index in [2.05, 4.69) is 0 Å². The Labute approximate surface area is 162 Å². The largest absolute Gasteiger partial charge is 0.504 e. The van der Waals surface area contributed by atoms with Gasteiger partial charge in [0.2, 0.25) is 0 Å². The van der Waals surface area contributed by atoms with Crippen LogP contribution in [0.4, 0.5) is 0 Å². The molecule has 2 aromatic carbocycles. The van der Waals surface area contributed by atoms with Crippen LogP contribution in [0.1, 0.15) is 0 Å². The van der Waals surface area contributed by atoms with Crippen LogP contribution in [0.5, 0.6) is 17.2 Å².